The van der Waals surface area contributed by atoms with Gasteiger partial charge in [-0.05, 0) is 23.8 Å². The molecule has 2 unspecified atom stereocenters. The first-order valence-electron chi connectivity index (χ1n) is 5.90. The van der Waals surface area contributed by atoms with Crippen LogP contribution in [0.5, 0.6) is 11.5 Å². The van der Waals surface area contributed by atoms with Crippen molar-refractivity contribution in [3.05, 3.63) is 48.4 Å². The molecule has 0 bridgehead atoms. The zero-order valence-corrected chi connectivity index (χ0v) is 9.78. The summed E-state index contributed by atoms with van der Waals surface area (Å²) in [6.07, 6.45) is 2.74. The summed E-state index contributed by atoms with van der Waals surface area (Å²) in [6.45, 7) is 0.357. The first kappa shape index (κ1) is 11.2. The maximum Gasteiger partial charge on any atom is 0.161 e. The largest absolute Gasteiger partial charge is 0.486 e. The molecule has 1 aliphatic heterocycles. The monoisotopic (exact) mass is 246 g/mol. The number of rotatable bonds is 3. The summed E-state index contributed by atoms with van der Waals surface area (Å²) in [6, 6.07) is 9.30. The van der Waals surface area contributed by atoms with E-state index in [0.717, 1.165) is 11.3 Å². The predicted molar refractivity (Wildman–Crippen MR) is 64.8 cm³/mol. The Morgan fingerprint density at radius 2 is 2.06 bits per heavy atom. The quantitative estimate of drug-likeness (QED) is 0.900. The molecule has 4 nitrogen and oxygen atoms in total. The molecule has 2 heterocycles. The standard InChI is InChI=1S/C14H14O4/c15-11(7-10-5-6-16-8-10)14-9-17-12-3-1-2-4-13(12)18-14/h1-6,8,11,14-15H,7,9H2. The highest BCUT2D eigenvalue weighted by Crippen LogP contribution is 2.31. The summed E-state index contributed by atoms with van der Waals surface area (Å²) >= 11 is 0. The lowest BCUT2D eigenvalue weighted by Gasteiger charge is -2.29. The number of hydrogen-bond acceptors (Lipinski definition) is 4. The van der Waals surface area contributed by atoms with Crippen molar-refractivity contribution in [3.63, 3.8) is 0 Å². The van der Waals surface area contributed by atoms with Crippen LogP contribution in [0, 0.1) is 0 Å². The number of aliphatic hydroxyl groups is 1. The zero-order chi connectivity index (χ0) is 12.4. The Kier molecular flexibility index (Phi) is 2.94. The van der Waals surface area contributed by atoms with Crippen LogP contribution in [-0.2, 0) is 6.42 Å². The Hall–Kier alpha value is -1.94. The maximum atomic E-state index is 10.1. The van der Waals surface area contributed by atoms with Gasteiger partial charge in [-0.15, -0.1) is 0 Å². The van der Waals surface area contributed by atoms with E-state index in [4.69, 9.17) is 13.9 Å². The second-order valence-corrected chi connectivity index (χ2v) is 4.32. The fourth-order valence-electron chi connectivity index (χ4n) is 2.01. The van der Waals surface area contributed by atoms with Gasteiger partial charge in [0.2, 0.25) is 0 Å². The number of para-hydroxylation sites is 2. The normalized spacial score (nSPS) is 19.5. The van der Waals surface area contributed by atoms with Gasteiger partial charge in [-0.3, -0.25) is 0 Å². The van der Waals surface area contributed by atoms with Crippen LogP contribution in [0.1, 0.15) is 5.56 Å². The van der Waals surface area contributed by atoms with Gasteiger partial charge in [-0.2, -0.15) is 0 Å². The molecule has 4 heteroatoms. The summed E-state index contributed by atoms with van der Waals surface area (Å²) in [4.78, 5) is 0. The molecule has 1 N–H and O–H groups in total. The minimum absolute atomic E-state index is 0.352. The van der Waals surface area contributed by atoms with E-state index in [2.05, 4.69) is 0 Å². The summed E-state index contributed by atoms with van der Waals surface area (Å²) < 4.78 is 16.3. The number of hydrogen-bond donors (Lipinski definition) is 1. The van der Waals surface area contributed by atoms with Gasteiger partial charge in [0.05, 0.1) is 18.6 Å². The van der Waals surface area contributed by atoms with E-state index >= 15 is 0 Å². The lowest BCUT2D eigenvalue weighted by atomic mass is 10.1. The van der Waals surface area contributed by atoms with Gasteiger partial charge in [0.25, 0.3) is 0 Å². The van der Waals surface area contributed by atoms with Crippen molar-refractivity contribution in [2.24, 2.45) is 0 Å². The van der Waals surface area contributed by atoms with Crippen LogP contribution in [0.2, 0.25) is 0 Å². The van der Waals surface area contributed by atoms with Crippen LogP contribution in [0.3, 0.4) is 0 Å². The van der Waals surface area contributed by atoms with Gasteiger partial charge in [-0.1, -0.05) is 12.1 Å². The van der Waals surface area contributed by atoms with Crippen LogP contribution < -0.4 is 9.47 Å². The number of ether oxygens (including phenoxy) is 2. The molecule has 94 valence electrons. The Bertz CT molecular complexity index is 506. The Balaban J connectivity index is 1.68. The van der Waals surface area contributed by atoms with Gasteiger partial charge in [0, 0.05) is 6.42 Å². The Morgan fingerprint density at radius 3 is 2.83 bits per heavy atom. The average molecular weight is 246 g/mol. The predicted octanol–water partition coefficient (Wildman–Crippen LogP) is 2.02. The molecule has 18 heavy (non-hydrogen) atoms. The number of aliphatic hydroxyl groups excluding tert-OH is 1. The summed E-state index contributed by atoms with van der Waals surface area (Å²) in [5.41, 5.74) is 0.949. The zero-order valence-electron chi connectivity index (χ0n) is 9.78. The molecule has 3 rings (SSSR count). The maximum absolute atomic E-state index is 10.1. The topological polar surface area (TPSA) is 51.8 Å². The molecule has 0 saturated carbocycles. The van der Waals surface area contributed by atoms with Crippen molar-refractivity contribution >= 4 is 0 Å². The van der Waals surface area contributed by atoms with Crippen molar-refractivity contribution in [1.82, 2.24) is 0 Å². The fourth-order valence-corrected chi connectivity index (χ4v) is 2.01. The van der Waals surface area contributed by atoms with E-state index in [9.17, 15) is 5.11 Å². The minimum Gasteiger partial charge on any atom is -0.486 e. The van der Waals surface area contributed by atoms with Gasteiger partial charge >= 0.3 is 0 Å². The number of fused-ring (bicyclic) bond motifs is 1. The van der Waals surface area contributed by atoms with E-state index in [1.165, 1.54) is 0 Å². The lowest BCUT2D eigenvalue weighted by Crippen LogP contribution is -2.40. The molecule has 0 radical (unpaired) electrons. The first-order valence-corrected chi connectivity index (χ1v) is 5.90. The molecule has 2 aromatic rings. The van der Waals surface area contributed by atoms with Crippen molar-refractivity contribution in [2.75, 3.05) is 6.61 Å². The van der Waals surface area contributed by atoms with Crippen molar-refractivity contribution in [3.8, 4) is 11.5 Å². The highest BCUT2D eigenvalue weighted by molar-refractivity contribution is 5.40. The molecule has 1 aromatic heterocycles. The highest BCUT2D eigenvalue weighted by Gasteiger charge is 2.27. The molecule has 2 atom stereocenters. The Morgan fingerprint density at radius 1 is 1.22 bits per heavy atom. The minimum atomic E-state index is -0.615. The SMILES string of the molecule is OC(Cc1ccoc1)C1COc2ccccc2O1. The second kappa shape index (κ2) is 4.74. The van der Waals surface area contributed by atoms with Gasteiger partial charge in [0.1, 0.15) is 6.61 Å². The highest BCUT2D eigenvalue weighted by atomic mass is 16.6. The lowest BCUT2D eigenvalue weighted by molar-refractivity contribution is -0.00946. The van der Waals surface area contributed by atoms with E-state index in [-0.39, 0.29) is 6.10 Å². The molecule has 0 amide bonds. The first-order chi connectivity index (χ1) is 8.83. The van der Waals surface area contributed by atoms with Gasteiger partial charge in [0.15, 0.2) is 17.6 Å². The molecule has 1 aliphatic rings. The fraction of sp³-hybridized carbons (Fsp3) is 0.286. The molecule has 1 aromatic carbocycles. The molecule has 0 aliphatic carbocycles. The van der Waals surface area contributed by atoms with Crippen LogP contribution in [0.4, 0.5) is 0 Å². The van der Waals surface area contributed by atoms with Crippen molar-refractivity contribution in [2.45, 2.75) is 18.6 Å². The Labute approximate surface area is 105 Å². The third-order valence-electron chi connectivity index (χ3n) is 2.98. The number of benzene rings is 1. The molecule has 0 saturated heterocycles. The van der Waals surface area contributed by atoms with Crippen LogP contribution in [0.25, 0.3) is 0 Å². The second-order valence-electron chi connectivity index (χ2n) is 4.32. The summed E-state index contributed by atoms with van der Waals surface area (Å²) in [5.74, 6) is 1.41. The van der Waals surface area contributed by atoms with E-state index < -0.39 is 6.10 Å². The molecule has 0 spiro atoms. The van der Waals surface area contributed by atoms with Crippen molar-refractivity contribution in [1.29, 1.82) is 0 Å². The molecular formula is C14H14O4. The van der Waals surface area contributed by atoms with Crippen LogP contribution in [0.15, 0.2) is 47.3 Å². The summed E-state index contributed by atoms with van der Waals surface area (Å²) in [7, 11) is 0. The van der Waals surface area contributed by atoms with E-state index in [1.54, 1.807) is 12.5 Å². The molecule has 0 fully saturated rings. The summed E-state index contributed by atoms with van der Waals surface area (Å²) in [5, 5.41) is 10.1. The van der Waals surface area contributed by atoms with Crippen molar-refractivity contribution < 1.29 is 19.0 Å². The van der Waals surface area contributed by atoms with Crippen LogP contribution in [-0.4, -0.2) is 23.9 Å². The third kappa shape index (κ3) is 2.19. The van der Waals surface area contributed by atoms with E-state index in [1.807, 2.05) is 30.3 Å². The third-order valence-corrected chi connectivity index (χ3v) is 2.98. The van der Waals surface area contributed by atoms with Crippen LogP contribution >= 0.6 is 0 Å². The van der Waals surface area contributed by atoms with Gasteiger partial charge < -0.3 is 19.0 Å². The van der Waals surface area contributed by atoms with E-state index in [0.29, 0.717) is 18.8 Å². The number of furan rings is 1. The van der Waals surface area contributed by atoms with Gasteiger partial charge in [-0.25, -0.2) is 0 Å². The smallest absolute Gasteiger partial charge is 0.161 e. The molecular weight excluding hydrogens is 232 g/mol. The average Bonchev–Trinajstić information content (AvgIpc) is 2.91.